The van der Waals surface area contributed by atoms with Crippen molar-refractivity contribution in [2.24, 2.45) is 4.99 Å². The minimum Gasteiger partial charge on any atom is -0.298 e. The minimum absolute atomic E-state index is 0.577. The van der Waals surface area contributed by atoms with Gasteiger partial charge in [-0.3, -0.25) is 14.9 Å². The van der Waals surface area contributed by atoms with E-state index in [2.05, 4.69) is 46.3 Å². The number of piperidine rings is 1. The highest BCUT2D eigenvalue weighted by atomic mass is 15.1. The highest BCUT2D eigenvalue weighted by Crippen LogP contribution is 2.39. The molecule has 2 aliphatic heterocycles. The molecule has 22 heavy (non-hydrogen) atoms. The molecule has 2 aliphatic rings. The summed E-state index contributed by atoms with van der Waals surface area (Å²) in [6.07, 6.45) is 7.31. The maximum Gasteiger partial charge on any atom is 0.0668 e. The van der Waals surface area contributed by atoms with E-state index in [1.54, 1.807) is 0 Å². The number of aromatic nitrogens is 1. The predicted octanol–water partition coefficient (Wildman–Crippen LogP) is 3.59. The van der Waals surface area contributed by atoms with Crippen molar-refractivity contribution in [3.8, 4) is 0 Å². The number of para-hydroxylation sites is 1. The van der Waals surface area contributed by atoms with Gasteiger partial charge in [0.2, 0.25) is 0 Å². The molecule has 0 radical (unpaired) electrons. The summed E-state index contributed by atoms with van der Waals surface area (Å²) < 4.78 is 0. The second kappa shape index (κ2) is 6.01. The third-order valence-electron chi connectivity index (χ3n) is 4.79. The van der Waals surface area contributed by atoms with E-state index in [-0.39, 0.29) is 0 Å². The van der Waals surface area contributed by atoms with Crippen LogP contribution >= 0.6 is 0 Å². The first-order chi connectivity index (χ1) is 10.9. The van der Waals surface area contributed by atoms with Crippen LogP contribution in [0.25, 0.3) is 0 Å². The second-order valence-electron chi connectivity index (χ2n) is 6.24. The molecule has 0 spiro atoms. The molecular weight excluding hydrogens is 270 g/mol. The average molecular weight is 291 g/mol. The van der Waals surface area contributed by atoms with Crippen LogP contribution in [0.4, 0.5) is 5.69 Å². The van der Waals surface area contributed by atoms with Gasteiger partial charge in [0.15, 0.2) is 0 Å². The van der Waals surface area contributed by atoms with Crippen LogP contribution in [0.3, 0.4) is 0 Å². The fraction of sp³-hybridized carbons (Fsp3) is 0.368. The first-order valence-corrected chi connectivity index (χ1v) is 8.18. The summed E-state index contributed by atoms with van der Waals surface area (Å²) in [5, 5.41) is 0. The largest absolute Gasteiger partial charge is 0.298 e. The van der Waals surface area contributed by atoms with E-state index in [9.17, 15) is 0 Å². The minimum atomic E-state index is 0.577. The third-order valence-corrected chi connectivity index (χ3v) is 4.79. The van der Waals surface area contributed by atoms with Crippen molar-refractivity contribution in [3.05, 3.63) is 59.9 Å². The zero-order valence-electron chi connectivity index (χ0n) is 12.8. The molecule has 0 saturated carbocycles. The summed E-state index contributed by atoms with van der Waals surface area (Å²) in [5.74, 6) is 0.577. The second-order valence-corrected chi connectivity index (χ2v) is 6.24. The van der Waals surface area contributed by atoms with E-state index in [0.29, 0.717) is 5.92 Å². The Bertz CT molecular complexity index is 678. The van der Waals surface area contributed by atoms with Crippen molar-refractivity contribution >= 4 is 11.4 Å². The molecule has 3 heterocycles. The first kappa shape index (κ1) is 13.6. The molecule has 3 heteroatoms. The number of hydrogen-bond donors (Lipinski definition) is 0. The molecule has 1 saturated heterocycles. The van der Waals surface area contributed by atoms with Crippen LogP contribution in [0.5, 0.6) is 0 Å². The highest BCUT2D eigenvalue weighted by Gasteiger charge is 2.31. The van der Waals surface area contributed by atoms with E-state index >= 15 is 0 Å². The van der Waals surface area contributed by atoms with E-state index in [1.165, 1.54) is 41.9 Å². The monoisotopic (exact) mass is 291 g/mol. The number of rotatable bonds is 4. The van der Waals surface area contributed by atoms with E-state index in [1.807, 2.05) is 12.4 Å². The number of pyridine rings is 1. The number of hydrogen-bond acceptors (Lipinski definition) is 3. The lowest BCUT2D eigenvalue weighted by Gasteiger charge is -2.31. The number of likely N-dealkylation sites (tertiary alicyclic amines) is 1. The molecule has 1 aromatic carbocycles. The van der Waals surface area contributed by atoms with Crippen LogP contribution in [-0.4, -0.2) is 35.2 Å². The molecule has 2 aromatic rings. The van der Waals surface area contributed by atoms with Crippen LogP contribution in [0.2, 0.25) is 0 Å². The van der Waals surface area contributed by atoms with Gasteiger partial charge in [0.05, 0.1) is 5.69 Å². The Balaban J connectivity index is 1.34. The molecule has 0 aliphatic carbocycles. The Morgan fingerprint density at radius 2 is 1.95 bits per heavy atom. The van der Waals surface area contributed by atoms with Crippen molar-refractivity contribution in [3.63, 3.8) is 0 Å². The van der Waals surface area contributed by atoms with Crippen molar-refractivity contribution in [1.82, 2.24) is 9.88 Å². The summed E-state index contributed by atoms with van der Waals surface area (Å²) in [6, 6.07) is 12.9. The summed E-state index contributed by atoms with van der Waals surface area (Å²) in [4.78, 5) is 11.5. The van der Waals surface area contributed by atoms with Gasteiger partial charge in [0.1, 0.15) is 0 Å². The SMILES string of the molecule is c1ccc2c(c1)N=C1CN(CCCc3ccncc3)CCC12. The van der Waals surface area contributed by atoms with Gasteiger partial charge in [-0.05, 0) is 61.7 Å². The number of aliphatic imine (C=N–C) groups is 1. The molecular formula is C19H21N3. The lowest BCUT2D eigenvalue weighted by Crippen LogP contribution is -2.39. The number of aryl methyl sites for hydroxylation is 1. The smallest absolute Gasteiger partial charge is 0.0668 e. The quantitative estimate of drug-likeness (QED) is 0.861. The average Bonchev–Trinajstić information content (AvgIpc) is 2.93. The number of benzene rings is 1. The van der Waals surface area contributed by atoms with Gasteiger partial charge in [-0.1, -0.05) is 18.2 Å². The number of fused-ring (bicyclic) bond motifs is 3. The molecule has 112 valence electrons. The molecule has 1 atom stereocenters. The molecule has 1 unspecified atom stereocenters. The van der Waals surface area contributed by atoms with Crippen LogP contribution in [0.15, 0.2) is 53.8 Å². The topological polar surface area (TPSA) is 28.5 Å². The van der Waals surface area contributed by atoms with Crippen LogP contribution in [-0.2, 0) is 6.42 Å². The normalized spacial score (nSPS) is 20.4. The molecule has 0 N–H and O–H groups in total. The van der Waals surface area contributed by atoms with Gasteiger partial charge in [-0.15, -0.1) is 0 Å². The highest BCUT2D eigenvalue weighted by molar-refractivity contribution is 6.00. The van der Waals surface area contributed by atoms with Crippen molar-refractivity contribution < 1.29 is 0 Å². The number of nitrogens with zero attached hydrogens (tertiary/aromatic N) is 3. The Hall–Kier alpha value is -2.00. The molecule has 1 fully saturated rings. The molecule has 0 amide bonds. The van der Waals surface area contributed by atoms with E-state index in [0.717, 1.165) is 19.5 Å². The molecule has 4 rings (SSSR count). The zero-order chi connectivity index (χ0) is 14.8. The molecule has 3 nitrogen and oxygen atoms in total. The van der Waals surface area contributed by atoms with Gasteiger partial charge < -0.3 is 0 Å². The van der Waals surface area contributed by atoms with Gasteiger partial charge in [0, 0.05) is 30.6 Å². The van der Waals surface area contributed by atoms with Crippen LogP contribution in [0, 0.1) is 0 Å². The zero-order valence-corrected chi connectivity index (χ0v) is 12.8. The Morgan fingerprint density at radius 3 is 2.86 bits per heavy atom. The maximum atomic E-state index is 4.86. The van der Waals surface area contributed by atoms with E-state index in [4.69, 9.17) is 4.99 Å². The lowest BCUT2D eigenvalue weighted by atomic mass is 9.89. The van der Waals surface area contributed by atoms with Gasteiger partial charge in [-0.2, -0.15) is 0 Å². The van der Waals surface area contributed by atoms with Crippen LogP contribution < -0.4 is 0 Å². The maximum absolute atomic E-state index is 4.86. The van der Waals surface area contributed by atoms with Gasteiger partial charge in [-0.25, -0.2) is 0 Å². The fourth-order valence-corrected chi connectivity index (χ4v) is 3.63. The summed E-state index contributed by atoms with van der Waals surface area (Å²) in [6.45, 7) is 3.38. The van der Waals surface area contributed by atoms with Crippen molar-refractivity contribution in [2.75, 3.05) is 19.6 Å². The summed E-state index contributed by atoms with van der Waals surface area (Å²) >= 11 is 0. The Kier molecular flexibility index (Phi) is 3.73. The fourth-order valence-electron chi connectivity index (χ4n) is 3.63. The molecule has 1 aromatic heterocycles. The summed E-state index contributed by atoms with van der Waals surface area (Å²) in [7, 11) is 0. The van der Waals surface area contributed by atoms with Crippen molar-refractivity contribution in [1.29, 1.82) is 0 Å². The Labute approximate surface area is 131 Å². The predicted molar refractivity (Wildman–Crippen MR) is 89.9 cm³/mol. The lowest BCUT2D eigenvalue weighted by molar-refractivity contribution is 0.281. The first-order valence-electron chi connectivity index (χ1n) is 8.18. The van der Waals surface area contributed by atoms with Crippen molar-refractivity contribution in [2.45, 2.75) is 25.2 Å². The van der Waals surface area contributed by atoms with Gasteiger partial charge in [0.25, 0.3) is 0 Å². The van der Waals surface area contributed by atoms with E-state index < -0.39 is 0 Å². The standard InChI is InChI=1S/C19H21N3/c1-2-6-18-16(5-1)17-9-13-22(14-19(17)21-18)12-3-4-15-7-10-20-11-8-15/h1-2,5-8,10-11,17H,3-4,9,12-14H2. The van der Waals surface area contributed by atoms with Crippen LogP contribution in [0.1, 0.15) is 29.9 Å². The van der Waals surface area contributed by atoms with Gasteiger partial charge >= 0.3 is 0 Å². The Morgan fingerprint density at radius 1 is 1.09 bits per heavy atom. The third kappa shape index (κ3) is 2.69. The molecule has 0 bridgehead atoms. The summed E-state index contributed by atoms with van der Waals surface area (Å²) in [5.41, 5.74) is 5.39.